The molecule has 1 aromatic rings. The van der Waals surface area contributed by atoms with Gasteiger partial charge in [0.15, 0.2) is 0 Å². The van der Waals surface area contributed by atoms with E-state index in [1.54, 1.807) is 18.5 Å². The van der Waals surface area contributed by atoms with Crippen LogP contribution in [0.4, 0.5) is 0 Å². The van der Waals surface area contributed by atoms with Crippen molar-refractivity contribution < 1.29 is 9.53 Å². The van der Waals surface area contributed by atoms with E-state index in [9.17, 15) is 4.79 Å². The molecule has 14 heavy (non-hydrogen) atoms. The number of hydrogen-bond donors (Lipinski definition) is 0. The van der Waals surface area contributed by atoms with Gasteiger partial charge in [-0.2, -0.15) is 5.10 Å². The smallest absolute Gasteiger partial charge is 0.330 e. The Morgan fingerprint density at radius 3 is 2.86 bits per heavy atom. The molecule has 0 aliphatic carbocycles. The fraction of sp³-hybridized carbons (Fsp3) is 0.556. The summed E-state index contributed by atoms with van der Waals surface area (Å²) in [6.07, 6.45) is 1.84. The van der Waals surface area contributed by atoms with Crippen molar-refractivity contribution in [1.29, 1.82) is 0 Å². The van der Waals surface area contributed by atoms with E-state index in [2.05, 4.69) is 27.7 Å². The first-order valence-electron chi connectivity index (χ1n) is 4.44. The standard InChI is InChI=1S/C9H13IN2O2/c1-4-14-9(13)7(3)12-5-8(10)6(2)11-12/h5,7H,4H2,1-3H3. The van der Waals surface area contributed by atoms with Crippen molar-refractivity contribution in [3.8, 4) is 0 Å². The molecule has 1 aromatic heterocycles. The lowest BCUT2D eigenvalue weighted by Crippen LogP contribution is -2.19. The summed E-state index contributed by atoms with van der Waals surface area (Å²) < 4.78 is 7.59. The number of rotatable bonds is 3. The second kappa shape index (κ2) is 4.77. The van der Waals surface area contributed by atoms with Crippen LogP contribution < -0.4 is 0 Å². The van der Waals surface area contributed by atoms with E-state index in [4.69, 9.17) is 4.74 Å². The van der Waals surface area contributed by atoms with Gasteiger partial charge in [0.05, 0.1) is 15.9 Å². The summed E-state index contributed by atoms with van der Waals surface area (Å²) in [6.45, 7) is 5.89. The summed E-state index contributed by atoms with van der Waals surface area (Å²) in [4.78, 5) is 11.4. The molecule has 5 heteroatoms. The van der Waals surface area contributed by atoms with Crippen molar-refractivity contribution in [2.75, 3.05) is 6.61 Å². The Labute approximate surface area is 96.8 Å². The number of aryl methyl sites for hydroxylation is 1. The van der Waals surface area contributed by atoms with Crippen molar-refractivity contribution >= 4 is 28.6 Å². The Bertz CT molecular complexity index is 316. The van der Waals surface area contributed by atoms with Crippen LogP contribution in [0.5, 0.6) is 0 Å². The zero-order chi connectivity index (χ0) is 10.7. The second-order valence-electron chi connectivity index (χ2n) is 2.97. The molecule has 0 saturated carbocycles. The van der Waals surface area contributed by atoms with Crippen LogP contribution in [-0.4, -0.2) is 22.4 Å². The van der Waals surface area contributed by atoms with E-state index in [0.29, 0.717) is 6.61 Å². The molecule has 0 N–H and O–H groups in total. The van der Waals surface area contributed by atoms with E-state index in [0.717, 1.165) is 9.26 Å². The van der Waals surface area contributed by atoms with Gasteiger partial charge in [0, 0.05) is 6.20 Å². The molecule has 0 saturated heterocycles. The molecule has 1 unspecified atom stereocenters. The van der Waals surface area contributed by atoms with Gasteiger partial charge in [-0.25, -0.2) is 4.79 Å². The van der Waals surface area contributed by atoms with E-state index in [1.165, 1.54) is 0 Å². The fourth-order valence-electron chi connectivity index (χ4n) is 1.03. The van der Waals surface area contributed by atoms with Crippen LogP contribution >= 0.6 is 22.6 Å². The molecule has 0 bridgehead atoms. The molecule has 0 spiro atoms. The highest BCUT2D eigenvalue weighted by atomic mass is 127. The number of halogens is 1. The maximum absolute atomic E-state index is 11.4. The van der Waals surface area contributed by atoms with Gasteiger partial charge in [-0.1, -0.05) is 0 Å². The molecule has 0 radical (unpaired) electrons. The lowest BCUT2D eigenvalue weighted by Gasteiger charge is -2.10. The number of ether oxygens (including phenoxy) is 1. The third kappa shape index (κ3) is 2.46. The number of esters is 1. The number of carbonyl (C=O) groups excluding carboxylic acids is 1. The van der Waals surface area contributed by atoms with Crippen molar-refractivity contribution in [1.82, 2.24) is 9.78 Å². The Kier molecular flexibility index (Phi) is 3.91. The quantitative estimate of drug-likeness (QED) is 0.633. The first-order chi connectivity index (χ1) is 6.56. The molecule has 1 rings (SSSR count). The minimum atomic E-state index is -0.350. The zero-order valence-electron chi connectivity index (χ0n) is 8.45. The topological polar surface area (TPSA) is 44.1 Å². The van der Waals surface area contributed by atoms with Gasteiger partial charge >= 0.3 is 5.97 Å². The number of carbonyl (C=O) groups is 1. The second-order valence-corrected chi connectivity index (χ2v) is 4.13. The van der Waals surface area contributed by atoms with Crippen LogP contribution in [0, 0.1) is 10.5 Å². The maximum Gasteiger partial charge on any atom is 0.330 e. The maximum atomic E-state index is 11.4. The monoisotopic (exact) mass is 308 g/mol. The van der Waals surface area contributed by atoms with Crippen LogP contribution in [-0.2, 0) is 9.53 Å². The molecule has 0 aliphatic heterocycles. The van der Waals surface area contributed by atoms with Crippen LogP contribution in [0.3, 0.4) is 0 Å². The SMILES string of the molecule is CCOC(=O)C(C)n1cc(I)c(C)n1. The predicted octanol–water partition coefficient (Wildman–Crippen LogP) is 1.92. The highest BCUT2D eigenvalue weighted by molar-refractivity contribution is 14.1. The average molecular weight is 308 g/mol. The molecule has 4 nitrogen and oxygen atoms in total. The van der Waals surface area contributed by atoms with Gasteiger partial charge < -0.3 is 4.74 Å². The lowest BCUT2D eigenvalue weighted by molar-refractivity contribution is -0.146. The van der Waals surface area contributed by atoms with E-state index < -0.39 is 0 Å². The Morgan fingerprint density at radius 1 is 1.79 bits per heavy atom. The average Bonchev–Trinajstić information content (AvgIpc) is 2.46. The Hall–Kier alpha value is -0.590. The van der Waals surface area contributed by atoms with Crippen LogP contribution in [0.1, 0.15) is 25.6 Å². The first-order valence-corrected chi connectivity index (χ1v) is 5.52. The van der Waals surface area contributed by atoms with Crippen molar-refractivity contribution in [3.63, 3.8) is 0 Å². The molecule has 78 valence electrons. The molecular weight excluding hydrogens is 295 g/mol. The fourth-order valence-corrected chi connectivity index (χ4v) is 1.42. The zero-order valence-corrected chi connectivity index (χ0v) is 10.6. The minimum Gasteiger partial charge on any atom is -0.464 e. The molecule has 0 amide bonds. The van der Waals surface area contributed by atoms with Gasteiger partial charge in [0.25, 0.3) is 0 Å². The number of aromatic nitrogens is 2. The van der Waals surface area contributed by atoms with Crippen molar-refractivity contribution in [2.24, 2.45) is 0 Å². The summed E-state index contributed by atoms with van der Waals surface area (Å²) in [6, 6.07) is -0.350. The molecule has 1 heterocycles. The molecule has 0 fully saturated rings. The summed E-state index contributed by atoms with van der Waals surface area (Å²) in [5, 5.41) is 4.22. The highest BCUT2D eigenvalue weighted by Gasteiger charge is 2.17. The van der Waals surface area contributed by atoms with Crippen LogP contribution in [0.2, 0.25) is 0 Å². The third-order valence-corrected chi connectivity index (χ3v) is 2.94. The summed E-state index contributed by atoms with van der Waals surface area (Å²) in [7, 11) is 0. The number of hydrogen-bond acceptors (Lipinski definition) is 3. The lowest BCUT2D eigenvalue weighted by atomic mass is 10.3. The largest absolute Gasteiger partial charge is 0.464 e. The predicted molar refractivity (Wildman–Crippen MR) is 61.0 cm³/mol. The van der Waals surface area contributed by atoms with Crippen molar-refractivity contribution in [3.05, 3.63) is 15.5 Å². The Balaban J connectivity index is 2.78. The molecule has 0 aromatic carbocycles. The van der Waals surface area contributed by atoms with Crippen LogP contribution in [0.25, 0.3) is 0 Å². The summed E-state index contributed by atoms with van der Waals surface area (Å²) in [5.41, 5.74) is 0.932. The Morgan fingerprint density at radius 2 is 2.43 bits per heavy atom. The third-order valence-electron chi connectivity index (χ3n) is 1.88. The van der Waals surface area contributed by atoms with Gasteiger partial charge in [0.2, 0.25) is 0 Å². The normalized spacial score (nSPS) is 12.6. The van der Waals surface area contributed by atoms with Gasteiger partial charge in [0.1, 0.15) is 6.04 Å². The minimum absolute atomic E-state index is 0.244. The van der Waals surface area contributed by atoms with Gasteiger partial charge in [-0.15, -0.1) is 0 Å². The molecule has 0 aliphatic rings. The van der Waals surface area contributed by atoms with E-state index in [1.807, 2.05) is 13.1 Å². The van der Waals surface area contributed by atoms with E-state index in [-0.39, 0.29) is 12.0 Å². The molecular formula is C9H13IN2O2. The first kappa shape index (κ1) is 11.5. The number of nitrogens with zero attached hydrogens (tertiary/aromatic N) is 2. The van der Waals surface area contributed by atoms with Gasteiger partial charge in [-0.3, -0.25) is 4.68 Å². The van der Waals surface area contributed by atoms with Gasteiger partial charge in [-0.05, 0) is 43.4 Å². The summed E-state index contributed by atoms with van der Waals surface area (Å²) in [5.74, 6) is -0.244. The molecule has 1 atom stereocenters. The summed E-state index contributed by atoms with van der Waals surface area (Å²) >= 11 is 2.19. The van der Waals surface area contributed by atoms with E-state index >= 15 is 0 Å². The van der Waals surface area contributed by atoms with Crippen molar-refractivity contribution in [2.45, 2.75) is 26.8 Å². The highest BCUT2D eigenvalue weighted by Crippen LogP contribution is 2.13. The van der Waals surface area contributed by atoms with Crippen LogP contribution in [0.15, 0.2) is 6.20 Å².